The number of hydrogen-bond donors (Lipinski definition) is 2. The summed E-state index contributed by atoms with van der Waals surface area (Å²) in [6.07, 6.45) is 3.98. The molecule has 0 bridgehead atoms. The topological polar surface area (TPSA) is 49.3 Å². The van der Waals surface area contributed by atoms with Crippen molar-refractivity contribution >= 4 is 5.78 Å². The molecule has 1 aliphatic rings. The van der Waals surface area contributed by atoms with E-state index in [-0.39, 0.29) is 5.78 Å². The fourth-order valence-electron chi connectivity index (χ4n) is 0.693. The molecule has 0 spiro atoms. The van der Waals surface area contributed by atoms with Crippen LogP contribution in [0.2, 0.25) is 0 Å². The molecule has 0 aromatic carbocycles. The normalized spacial score (nSPS) is 23.4. The zero-order chi connectivity index (χ0) is 7.56. The maximum absolute atomic E-state index is 10.7. The second-order valence-corrected chi connectivity index (χ2v) is 2.13. The van der Waals surface area contributed by atoms with Crippen LogP contribution in [0.1, 0.15) is 6.92 Å². The Hall–Kier alpha value is -1.09. The molecule has 2 N–H and O–H groups in total. The Bertz CT molecular complexity index is 206. The molecule has 0 aromatic heterocycles. The van der Waals surface area contributed by atoms with E-state index in [2.05, 4.69) is 5.32 Å². The van der Waals surface area contributed by atoms with E-state index in [1.165, 1.54) is 19.2 Å². The van der Waals surface area contributed by atoms with Crippen molar-refractivity contribution < 1.29 is 9.90 Å². The fourth-order valence-corrected chi connectivity index (χ4v) is 0.693. The Morgan fingerprint density at radius 1 is 1.80 bits per heavy atom. The van der Waals surface area contributed by atoms with Crippen molar-refractivity contribution in [2.24, 2.45) is 0 Å². The van der Waals surface area contributed by atoms with E-state index in [0.29, 0.717) is 5.57 Å². The van der Waals surface area contributed by atoms with Gasteiger partial charge in [0.25, 0.3) is 0 Å². The molecule has 0 aromatic rings. The van der Waals surface area contributed by atoms with Crippen LogP contribution >= 0.6 is 0 Å². The first-order valence-electron chi connectivity index (χ1n) is 3.03. The van der Waals surface area contributed by atoms with Crippen LogP contribution in [0.4, 0.5) is 0 Å². The lowest BCUT2D eigenvalue weighted by molar-refractivity contribution is -0.113. The van der Waals surface area contributed by atoms with Gasteiger partial charge in [-0.1, -0.05) is 0 Å². The lowest BCUT2D eigenvalue weighted by Crippen LogP contribution is -2.24. The minimum Gasteiger partial charge on any atom is -0.370 e. The highest BCUT2D eigenvalue weighted by Crippen LogP contribution is 2.02. The predicted molar refractivity (Wildman–Crippen MR) is 37.0 cm³/mol. The van der Waals surface area contributed by atoms with Gasteiger partial charge in [0.2, 0.25) is 0 Å². The summed E-state index contributed by atoms with van der Waals surface area (Å²) < 4.78 is 0. The van der Waals surface area contributed by atoms with Crippen molar-refractivity contribution in [2.45, 2.75) is 13.2 Å². The molecular weight excluding hydrogens is 130 g/mol. The molecule has 54 valence electrons. The molecule has 1 rings (SSSR count). The monoisotopic (exact) mass is 139 g/mol. The minimum atomic E-state index is -0.650. The number of Topliss-reactive ketones (excluding diaryl/α,β-unsaturated/α-hetero) is 1. The summed E-state index contributed by atoms with van der Waals surface area (Å²) in [5, 5.41) is 11.5. The molecule has 0 radical (unpaired) electrons. The highest BCUT2D eigenvalue weighted by atomic mass is 16.3. The molecule has 3 nitrogen and oxygen atoms in total. The van der Waals surface area contributed by atoms with Gasteiger partial charge in [0, 0.05) is 11.8 Å². The summed E-state index contributed by atoms with van der Waals surface area (Å²) in [4.78, 5) is 10.7. The minimum absolute atomic E-state index is 0.00403. The van der Waals surface area contributed by atoms with E-state index < -0.39 is 6.23 Å². The van der Waals surface area contributed by atoms with E-state index in [9.17, 15) is 4.79 Å². The van der Waals surface area contributed by atoms with E-state index in [1.54, 1.807) is 6.08 Å². The molecule has 1 aliphatic heterocycles. The third-order valence-corrected chi connectivity index (χ3v) is 1.27. The SMILES string of the molecule is CC(=O)C1=CNC(O)C=C1. The quantitative estimate of drug-likeness (QED) is 0.535. The van der Waals surface area contributed by atoms with E-state index in [4.69, 9.17) is 5.11 Å². The second-order valence-electron chi connectivity index (χ2n) is 2.13. The number of nitrogens with one attached hydrogen (secondary N) is 1. The third-order valence-electron chi connectivity index (χ3n) is 1.27. The van der Waals surface area contributed by atoms with Gasteiger partial charge < -0.3 is 10.4 Å². The number of rotatable bonds is 1. The molecule has 0 saturated carbocycles. The van der Waals surface area contributed by atoms with Gasteiger partial charge in [-0.2, -0.15) is 0 Å². The lowest BCUT2D eigenvalue weighted by atomic mass is 10.1. The van der Waals surface area contributed by atoms with Crippen molar-refractivity contribution in [1.29, 1.82) is 0 Å². The Morgan fingerprint density at radius 3 is 2.90 bits per heavy atom. The molecule has 0 saturated heterocycles. The molecule has 1 heterocycles. The van der Waals surface area contributed by atoms with E-state index in [0.717, 1.165) is 0 Å². The summed E-state index contributed by atoms with van der Waals surface area (Å²) in [6.45, 7) is 1.48. The highest BCUT2D eigenvalue weighted by molar-refractivity contribution is 5.96. The van der Waals surface area contributed by atoms with Crippen LogP contribution in [0.15, 0.2) is 23.9 Å². The molecule has 1 unspecified atom stereocenters. The smallest absolute Gasteiger partial charge is 0.161 e. The number of aliphatic hydroxyl groups is 1. The van der Waals surface area contributed by atoms with Gasteiger partial charge in [0.1, 0.15) is 6.23 Å². The van der Waals surface area contributed by atoms with Crippen LogP contribution < -0.4 is 5.32 Å². The number of ketones is 1. The number of allylic oxidation sites excluding steroid dienone is 2. The second kappa shape index (κ2) is 2.66. The maximum Gasteiger partial charge on any atom is 0.161 e. The first kappa shape index (κ1) is 7.02. The first-order chi connectivity index (χ1) is 4.70. The average molecular weight is 139 g/mol. The Kier molecular flexibility index (Phi) is 1.87. The van der Waals surface area contributed by atoms with Gasteiger partial charge in [0.05, 0.1) is 0 Å². The Labute approximate surface area is 59.0 Å². The van der Waals surface area contributed by atoms with Crippen LogP contribution in [0, 0.1) is 0 Å². The molecule has 0 fully saturated rings. The molecular formula is C7H9NO2. The zero-order valence-corrected chi connectivity index (χ0v) is 5.66. The van der Waals surface area contributed by atoms with Crippen LogP contribution in [-0.2, 0) is 4.79 Å². The average Bonchev–Trinajstić information content (AvgIpc) is 1.88. The summed E-state index contributed by atoms with van der Waals surface area (Å²) in [5.41, 5.74) is 0.588. The standard InChI is InChI=1S/C7H9NO2/c1-5(9)6-2-3-7(10)8-4-6/h2-4,7-8,10H,1H3. The Morgan fingerprint density at radius 2 is 2.50 bits per heavy atom. The van der Waals surface area contributed by atoms with Crippen molar-refractivity contribution in [3.8, 4) is 0 Å². The molecule has 1 atom stereocenters. The number of carbonyl (C=O) groups excluding carboxylic acids is 1. The van der Waals surface area contributed by atoms with Gasteiger partial charge in [-0.05, 0) is 19.1 Å². The lowest BCUT2D eigenvalue weighted by Gasteiger charge is -2.10. The van der Waals surface area contributed by atoms with Gasteiger partial charge in [-0.15, -0.1) is 0 Å². The van der Waals surface area contributed by atoms with Crippen LogP contribution in [0.5, 0.6) is 0 Å². The van der Waals surface area contributed by atoms with Gasteiger partial charge >= 0.3 is 0 Å². The highest BCUT2D eigenvalue weighted by Gasteiger charge is 2.05. The van der Waals surface area contributed by atoms with Crippen molar-refractivity contribution in [3.05, 3.63) is 23.9 Å². The van der Waals surface area contributed by atoms with Crippen molar-refractivity contribution in [2.75, 3.05) is 0 Å². The van der Waals surface area contributed by atoms with Crippen molar-refractivity contribution in [1.82, 2.24) is 5.32 Å². The predicted octanol–water partition coefficient (Wildman–Crippen LogP) is -0.0629. The van der Waals surface area contributed by atoms with E-state index >= 15 is 0 Å². The molecule has 10 heavy (non-hydrogen) atoms. The van der Waals surface area contributed by atoms with Gasteiger partial charge in [0.15, 0.2) is 5.78 Å². The molecule has 3 heteroatoms. The van der Waals surface area contributed by atoms with Gasteiger partial charge in [-0.3, -0.25) is 4.79 Å². The van der Waals surface area contributed by atoms with Crippen LogP contribution in [0.3, 0.4) is 0 Å². The first-order valence-corrected chi connectivity index (χ1v) is 3.03. The molecule has 0 aliphatic carbocycles. The fraction of sp³-hybridized carbons (Fsp3) is 0.286. The summed E-state index contributed by atoms with van der Waals surface area (Å²) >= 11 is 0. The zero-order valence-electron chi connectivity index (χ0n) is 5.66. The van der Waals surface area contributed by atoms with Crippen LogP contribution in [0.25, 0.3) is 0 Å². The van der Waals surface area contributed by atoms with Crippen molar-refractivity contribution in [3.63, 3.8) is 0 Å². The summed E-state index contributed by atoms with van der Waals surface area (Å²) in [7, 11) is 0. The summed E-state index contributed by atoms with van der Waals surface area (Å²) in [5.74, 6) is -0.00403. The third kappa shape index (κ3) is 1.45. The van der Waals surface area contributed by atoms with Gasteiger partial charge in [-0.25, -0.2) is 0 Å². The number of carbonyl (C=O) groups is 1. The largest absolute Gasteiger partial charge is 0.370 e. The Balaban J connectivity index is 2.67. The van der Waals surface area contributed by atoms with E-state index in [1.807, 2.05) is 0 Å². The van der Waals surface area contributed by atoms with Crippen LogP contribution in [-0.4, -0.2) is 17.1 Å². The maximum atomic E-state index is 10.7. The molecule has 0 amide bonds. The number of dihydropyridines is 1. The number of aliphatic hydroxyl groups excluding tert-OH is 1. The summed E-state index contributed by atoms with van der Waals surface area (Å²) in [6, 6.07) is 0. The number of hydrogen-bond acceptors (Lipinski definition) is 3.